The van der Waals surface area contributed by atoms with E-state index in [1.807, 2.05) is 0 Å². The topological polar surface area (TPSA) is 66.4 Å². The molecule has 1 aromatic carbocycles. The van der Waals surface area contributed by atoms with Gasteiger partial charge in [-0.2, -0.15) is 0 Å². The van der Waals surface area contributed by atoms with Crippen molar-refractivity contribution in [2.24, 2.45) is 0 Å². The maximum absolute atomic E-state index is 13.1. The molecule has 2 N–H and O–H groups in total. The summed E-state index contributed by atoms with van der Waals surface area (Å²) in [5, 5.41) is 9.53. The third kappa shape index (κ3) is 3.06. The van der Waals surface area contributed by atoms with Crippen molar-refractivity contribution in [1.82, 2.24) is 0 Å². The molecule has 0 saturated carbocycles. The molecule has 1 rings (SSSR count). The number of hydrogen-bond acceptors (Lipinski definition) is 2. The Morgan fingerprint density at radius 2 is 1.26 bits per heavy atom. The van der Waals surface area contributed by atoms with E-state index in [0.29, 0.717) is 12.2 Å². The Bertz CT molecular complexity index is 556. The van der Waals surface area contributed by atoms with Crippen molar-refractivity contribution < 1.29 is 36.6 Å². The van der Waals surface area contributed by atoms with Crippen LogP contribution in [0.25, 0.3) is 0 Å². The molecule has 0 heterocycles. The van der Waals surface area contributed by atoms with Gasteiger partial charge in [0.25, 0.3) is 0 Å². The highest BCUT2D eigenvalue weighted by Crippen LogP contribution is 2.26. The predicted molar refractivity (Wildman–Crippen MR) is 51.6 cm³/mol. The van der Waals surface area contributed by atoms with Crippen LogP contribution in [0.3, 0.4) is 0 Å². The lowest BCUT2D eigenvalue weighted by Crippen LogP contribution is -2.15. The maximum atomic E-state index is 13.1. The summed E-state index contributed by atoms with van der Waals surface area (Å²) in [7, 11) is 0. The number of hydrogen-bond donors (Lipinski definition) is 2. The molecule has 0 aliphatic carbocycles. The van der Waals surface area contributed by atoms with Gasteiger partial charge >= 0.3 is 5.97 Å². The van der Waals surface area contributed by atoms with E-state index in [4.69, 9.17) is 5.11 Å². The van der Waals surface area contributed by atoms with E-state index in [-0.39, 0.29) is 0 Å². The van der Waals surface area contributed by atoms with Crippen molar-refractivity contribution in [2.45, 2.75) is 0 Å². The molecule has 1 amide bonds. The Morgan fingerprint density at radius 3 is 1.68 bits per heavy atom. The third-order valence-electron chi connectivity index (χ3n) is 1.84. The summed E-state index contributed by atoms with van der Waals surface area (Å²) in [6.07, 6.45) is 0.668. The highest BCUT2D eigenvalue weighted by molar-refractivity contribution is 6.02. The Balaban J connectivity index is 3.16. The number of rotatable bonds is 3. The summed E-state index contributed by atoms with van der Waals surface area (Å²) in [6.45, 7) is 0. The minimum absolute atomic E-state index is 0.321. The number of carbonyl (C=O) groups excluding carboxylic acids is 1. The fraction of sp³-hybridized carbons (Fsp3) is 0. The lowest BCUT2D eigenvalue weighted by atomic mass is 10.2. The normalized spacial score (nSPS) is 10.8. The minimum Gasteiger partial charge on any atom is -0.478 e. The Kier molecular flexibility index (Phi) is 4.20. The molecule has 0 aliphatic heterocycles. The van der Waals surface area contributed by atoms with Crippen LogP contribution in [0.15, 0.2) is 12.2 Å². The van der Waals surface area contributed by atoms with E-state index in [9.17, 15) is 31.5 Å². The van der Waals surface area contributed by atoms with Gasteiger partial charge in [-0.25, -0.2) is 26.7 Å². The number of benzene rings is 1. The summed E-state index contributed by atoms with van der Waals surface area (Å²) >= 11 is 0. The van der Waals surface area contributed by atoms with Crippen molar-refractivity contribution in [2.75, 3.05) is 5.32 Å². The first-order valence-corrected chi connectivity index (χ1v) is 4.49. The van der Waals surface area contributed by atoms with Crippen LogP contribution in [0.5, 0.6) is 0 Å². The molecule has 9 heteroatoms. The van der Waals surface area contributed by atoms with E-state index < -0.39 is 46.6 Å². The third-order valence-corrected chi connectivity index (χ3v) is 1.84. The lowest BCUT2D eigenvalue weighted by Gasteiger charge is -2.07. The molecular formula is C10H4F5NO3. The largest absolute Gasteiger partial charge is 0.478 e. The fourth-order valence-corrected chi connectivity index (χ4v) is 1.03. The molecular weight excluding hydrogens is 277 g/mol. The quantitative estimate of drug-likeness (QED) is 0.385. The Morgan fingerprint density at radius 1 is 0.842 bits per heavy atom. The van der Waals surface area contributed by atoms with Crippen molar-refractivity contribution in [3.8, 4) is 0 Å². The van der Waals surface area contributed by atoms with Crippen LogP contribution in [0.4, 0.5) is 27.6 Å². The number of amides is 1. The van der Waals surface area contributed by atoms with Crippen molar-refractivity contribution in [3.05, 3.63) is 41.2 Å². The number of carboxylic acids is 1. The van der Waals surface area contributed by atoms with Crippen LogP contribution in [-0.2, 0) is 9.59 Å². The minimum atomic E-state index is -2.37. The standard InChI is InChI=1S/C10H4F5NO3/c11-5-6(12)8(14)10(9(15)7(5)13)16-3(17)1-2-4(18)19/h1-2H,(H,16,17)(H,18,19). The highest BCUT2D eigenvalue weighted by Gasteiger charge is 2.26. The molecule has 0 spiro atoms. The van der Waals surface area contributed by atoms with Crippen LogP contribution in [-0.4, -0.2) is 17.0 Å². The van der Waals surface area contributed by atoms with Gasteiger partial charge in [0.1, 0.15) is 5.69 Å². The van der Waals surface area contributed by atoms with Gasteiger partial charge in [0.15, 0.2) is 23.3 Å². The van der Waals surface area contributed by atoms with Gasteiger partial charge in [-0.3, -0.25) is 4.79 Å². The van der Waals surface area contributed by atoms with Crippen molar-refractivity contribution in [3.63, 3.8) is 0 Å². The molecule has 0 saturated heterocycles. The Hall–Kier alpha value is -2.45. The van der Waals surface area contributed by atoms with Gasteiger partial charge in [-0.15, -0.1) is 0 Å². The summed E-state index contributed by atoms with van der Waals surface area (Å²) in [6, 6.07) is 0. The van der Waals surface area contributed by atoms with Gasteiger partial charge in [0.2, 0.25) is 11.7 Å². The monoisotopic (exact) mass is 281 g/mol. The average molecular weight is 281 g/mol. The number of nitrogens with one attached hydrogen (secondary N) is 1. The summed E-state index contributed by atoms with van der Waals surface area (Å²) in [4.78, 5) is 21.1. The molecule has 102 valence electrons. The summed E-state index contributed by atoms with van der Waals surface area (Å²) in [5.74, 6) is -14.2. The number of halogens is 5. The second-order valence-electron chi connectivity index (χ2n) is 3.11. The lowest BCUT2D eigenvalue weighted by molar-refractivity contribution is -0.131. The zero-order chi connectivity index (χ0) is 14.7. The first-order valence-electron chi connectivity index (χ1n) is 4.49. The zero-order valence-electron chi connectivity index (χ0n) is 8.81. The van der Waals surface area contributed by atoms with Crippen LogP contribution in [0, 0.1) is 29.1 Å². The van der Waals surface area contributed by atoms with Crippen LogP contribution < -0.4 is 5.32 Å². The van der Waals surface area contributed by atoms with Crippen LogP contribution >= 0.6 is 0 Å². The molecule has 0 atom stereocenters. The van der Waals surface area contributed by atoms with Crippen molar-refractivity contribution >= 4 is 17.6 Å². The molecule has 1 aromatic rings. The number of carbonyl (C=O) groups is 2. The van der Waals surface area contributed by atoms with E-state index in [1.54, 1.807) is 0 Å². The van der Waals surface area contributed by atoms with E-state index in [0.717, 1.165) is 0 Å². The average Bonchev–Trinajstić information content (AvgIpc) is 2.36. The van der Waals surface area contributed by atoms with Crippen LogP contribution in [0.2, 0.25) is 0 Å². The first kappa shape index (κ1) is 14.6. The summed E-state index contributed by atoms with van der Waals surface area (Å²) < 4.78 is 64.3. The SMILES string of the molecule is O=C(O)C=CC(=O)Nc1c(F)c(F)c(F)c(F)c1F. The predicted octanol–water partition coefficient (Wildman–Crippen LogP) is 1.96. The smallest absolute Gasteiger partial charge is 0.328 e. The van der Waals surface area contributed by atoms with E-state index in [1.165, 1.54) is 5.32 Å². The summed E-state index contributed by atoms with van der Waals surface area (Å²) in [5.41, 5.74) is -1.56. The second kappa shape index (κ2) is 5.46. The highest BCUT2D eigenvalue weighted by atomic mass is 19.2. The number of carboxylic acid groups (broad SMARTS) is 1. The first-order chi connectivity index (χ1) is 8.75. The fourth-order valence-electron chi connectivity index (χ4n) is 1.03. The van der Waals surface area contributed by atoms with Gasteiger partial charge in [0, 0.05) is 12.2 Å². The van der Waals surface area contributed by atoms with E-state index in [2.05, 4.69) is 0 Å². The molecule has 0 bridgehead atoms. The Labute approximate surface area is 102 Å². The van der Waals surface area contributed by atoms with Gasteiger partial charge in [0.05, 0.1) is 0 Å². The van der Waals surface area contributed by atoms with Crippen molar-refractivity contribution in [1.29, 1.82) is 0 Å². The van der Waals surface area contributed by atoms with Crippen LogP contribution in [0.1, 0.15) is 0 Å². The van der Waals surface area contributed by atoms with Gasteiger partial charge in [-0.05, 0) is 0 Å². The molecule has 0 aliphatic rings. The maximum Gasteiger partial charge on any atom is 0.328 e. The molecule has 0 unspecified atom stereocenters. The van der Waals surface area contributed by atoms with Gasteiger partial charge in [-0.1, -0.05) is 0 Å². The molecule has 0 aromatic heterocycles. The van der Waals surface area contributed by atoms with Gasteiger partial charge < -0.3 is 10.4 Å². The van der Waals surface area contributed by atoms with E-state index >= 15 is 0 Å². The number of anilines is 1. The molecule has 4 nitrogen and oxygen atoms in total. The molecule has 0 fully saturated rings. The molecule has 0 radical (unpaired) electrons. The second-order valence-corrected chi connectivity index (χ2v) is 3.11. The molecule has 19 heavy (non-hydrogen) atoms. The number of aliphatic carboxylic acids is 1. The zero-order valence-corrected chi connectivity index (χ0v) is 8.81.